The fourth-order valence-corrected chi connectivity index (χ4v) is 3.44. The summed E-state index contributed by atoms with van der Waals surface area (Å²) >= 11 is 0. The fraction of sp³-hybridized carbons (Fsp3) is 0.174. The van der Waals surface area contributed by atoms with Crippen LogP contribution in [0.1, 0.15) is 17.0 Å². The van der Waals surface area contributed by atoms with Crippen LogP contribution in [0.2, 0.25) is 0 Å². The number of hydrogen-bond acceptors (Lipinski definition) is 7. The molecule has 3 heterocycles. The van der Waals surface area contributed by atoms with Crippen LogP contribution in [0.4, 0.5) is 0 Å². The molecule has 0 aliphatic heterocycles. The molecule has 32 heavy (non-hydrogen) atoms. The molecule has 2 aromatic carbocycles. The maximum absolute atomic E-state index is 13.0. The molecular weight excluding hydrogens is 408 g/mol. The quantitative estimate of drug-likeness (QED) is 0.423. The van der Waals surface area contributed by atoms with Crippen molar-refractivity contribution < 1.29 is 9.26 Å². The van der Waals surface area contributed by atoms with Crippen molar-refractivity contribution in [2.75, 3.05) is 7.11 Å². The molecule has 9 heteroatoms. The van der Waals surface area contributed by atoms with E-state index in [1.165, 1.54) is 22.7 Å². The molecule has 0 N–H and O–H groups in total. The third kappa shape index (κ3) is 3.43. The smallest absolute Gasteiger partial charge is 0.264 e. The van der Waals surface area contributed by atoms with Crippen molar-refractivity contribution in [2.24, 2.45) is 0 Å². The molecule has 0 amide bonds. The molecule has 0 atom stereocenters. The van der Waals surface area contributed by atoms with Gasteiger partial charge in [-0.1, -0.05) is 17.3 Å². The van der Waals surface area contributed by atoms with Crippen LogP contribution in [0.5, 0.6) is 5.75 Å². The number of aromatic nitrogens is 6. The normalized spacial score (nSPS) is 11.2. The Morgan fingerprint density at radius 1 is 1.06 bits per heavy atom. The molecule has 3 aromatic heterocycles. The Labute approximate surface area is 182 Å². The van der Waals surface area contributed by atoms with Crippen molar-refractivity contribution in [3.8, 4) is 22.8 Å². The van der Waals surface area contributed by atoms with E-state index in [9.17, 15) is 4.79 Å². The highest BCUT2D eigenvalue weighted by molar-refractivity contribution is 5.75. The largest absolute Gasteiger partial charge is 0.497 e. The first-order chi connectivity index (χ1) is 15.5. The second-order valence-electron chi connectivity index (χ2n) is 7.48. The zero-order chi connectivity index (χ0) is 22.2. The van der Waals surface area contributed by atoms with Crippen molar-refractivity contribution >= 4 is 11.0 Å². The summed E-state index contributed by atoms with van der Waals surface area (Å²) in [6, 6.07) is 13.3. The average Bonchev–Trinajstić information content (AvgIpc) is 3.45. The second kappa shape index (κ2) is 7.77. The Morgan fingerprint density at radius 3 is 2.62 bits per heavy atom. The molecule has 5 aromatic rings. The molecule has 0 radical (unpaired) electrons. The Hall–Kier alpha value is -4.27. The van der Waals surface area contributed by atoms with Crippen molar-refractivity contribution in [1.29, 1.82) is 0 Å². The highest BCUT2D eigenvalue weighted by Gasteiger charge is 2.15. The number of hydrogen-bond donors (Lipinski definition) is 0. The lowest BCUT2D eigenvalue weighted by Gasteiger charge is -2.05. The zero-order valence-electron chi connectivity index (χ0n) is 17.8. The minimum atomic E-state index is -0.235. The van der Waals surface area contributed by atoms with Gasteiger partial charge in [-0.2, -0.15) is 10.1 Å². The van der Waals surface area contributed by atoms with Crippen LogP contribution < -0.4 is 10.3 Å². The first-order valence-corrected chi connectivity index (χ1v) is 10.0. The monoisotopic (exact) mass is 428 g/mol. The summed E-state index contributed by atoms with van der Waals surface area (Å²) in [7, 11) is 1.61. The molecule has 9 nitrogen and oxygen atoms in total. The van der Waals surface area contributed by atoms with E-state index in [-0.39, 0.29) is 12.1 Å². The first kappa shape index (κ1) is 19.7. The van der Waals surface area contributed by atoms with Crippen LogP contribution in [-0.2, 0) is 6.54 Å². The van der Waals surface area contributed by atoms with Gasteiger partial charge in [0.2, 0.25) is 11.7 Å². The maximum atomic E-state index is 13.0. The van der Waals surface area contributed by atoms with Gasteiger partial charge in [-0.05, 0) is 55.3 Å². The predicted octanol–water partition coefficient (Wildman–Crippen LogP) is 3.31. The van der Waals surface area contributed by atoms with E-state index in [1.54, 1.807) is 11.8 Å². The number of ether oxygens (including phenoxy) is 1. The van der Waals surface area contributed by atoms with E-state index in [0.717, 1.165) is 22.6 Å². The molecule has 5 rings (SSSR count). The summed E-state index contributed by atoms with van der Waals surface area (Å²) in [4.78, 5) is 21.9. The van der Waals surface area contributed by atoms with E-state index >= 15 is 0 Å². The maximum Gasteiger partial charge on any atom is 0.264 e. The van der Waals surface area contributed by atoms with Crippen molar-refractivity contribution in [3.05, 3.63) is 82.4 Å². The lowest BCUT2D eigenvalue weighted by Crippen LogP contribution is -2.21. The van der Waals surface area contributed by atoms with Gasteiger partial charge in [0.25, 0.3) is 5.56 Å². The molecule has 0 spiro atoms. The molecule has 0 fully saturated rings. The Morgan fingerprint density at radius 2 is 1.88 bits per heavy atom. The highest BCUT2D eigenvalue weighted by Crippen LogP contribution is 2.20. The summed E-state index contributed by atoms with van der Waals surface area (Å²) in [6.07, 6.45) is 2.98. The average molecular weight is 428 g/mol. The van der Waals surface area contributed by atoms with Gasteiger partial charge >= 0.3 is 0 Å². The molecule has 0 bridgehead atoms. The van der Waals surface area contributed by atoms with Crippen LogP contribution in [-0.4, -0.2) is 36.6 Å². The third-order valence-electron chi connectivity index (χ3n) is 5.41. The van der Waals surface area contributed by atoms with Gasteiger partial charge in [0.15, 0.2) is 5.65 Å². The summed E-state index contributed by atoms with van der Waals surface area (Å²) in [5.41, 5.74) is 4.22. The molecule has 0 aliphatic rings. The van der Waals surface area contributed by atoms with Gasteiger partial charge < -0.3 is 9.26 Å². The van der Waals surface area contributed by atoms with Gasteiger partial charge in [-0.3, -0.25) is 9.36 Å². The predicted molar refractivity (Wildman–Crippen MR) is 118 cm³/mol. The molecule has 160 valence electrons. The molecule has 0 saturated carbocycles. The summed E-state index contributed by atoms with van der Waals surface area (Å²) in [5, 5.41) is 8.79. The van der Waals surface area contributed by atoms with E-state index in [4.69, 9.17) is 9.26 Å². The third-order valence-corrected chi connectivity index (χ3v) is 5.41. The SMILES string of the molecule is COc1ccc(-n2ncc3c(=O)n(Cc4nc(-c5ccc(C)c(C)c5)no4)cnc32)cc1. The Balaban J connectivity index is 1.44. The number of benzene rings is 2. The minimum absolute atomic E-state index is 0.118. The lowest BCUT2D eigenvalue weighted by molar-refractivity contribution is 0.369. The molecule has 0 unspecified atom stereocenters. The summed E-state index contributed by atoms with van der Waals surface area (Å²) in [5.74, 6) is 1.54. The zero-order valence-corrected chi connectivity index (χ0v) is 17.8. The van der Waals surface area contributed by atoms with Gasteiger partial charge in [0.1, 0.15) is 24.0 Å². The van der Waals surface area contributed by atoms with Crippen LogP contribution in [0.3, 0.4) is 0 Å². The topological polar surface area (TPSA) is 101 Å². The first-order valence-electron chi connectivity index (χ1n) is 10.0. The number of nitrogens with zero attached hydrogens (tertiary/aromatic N) is 6. The van der Waals surface area contributed by atoms with Crippen LogP contribution in [0, 0.1) is 13.8 Å². The summed E-state index contributed by atoms with van der Waals surface area (Å²) in [6.45, 7) is 4.20. The fourth-order valence-electron chi connectivity index (χ4n) is 3.44. The van der Waals surface area contributed by atoms with E-state index in [1.807, 2.05) is 56.3 Å². The standard InChI is InChI=1S/C23H20N6O3/c1-14-4-5-16(10-15(14)2)21-26-20(32-27-21)12-28-13-24-22-19(23(28)30)11-25-29(22)17-6-8-18(31-3)9-7-17/h4-11,13H,12H2,1-3H3. The van der Waals surface area contributed by atoms with Crippen molar-refractivity contribution in [2.45, 2.75) is 20.4 Å². The Bertz CT molecular complexity index is 1480. The highest BCUT2D eigenvalue weighted by atomic mass is 16.5. The van der Waals surface area contributed by atoms with Crippen LogP contribution >= 0.6 is 0 Å². The molecule has 0 saturated heterocycles. The van der Waals surface area contributed by atoms with Gasteiger partial charge in [0.05, 0.1) is 19.0 Å². The lowest BCUT2D eigenvalue weighted by atomic mass is 10.1. The molecular formula is C23H20N6O3. The van der Waals surface area contributed by atoms with E-state index < -0.39 is 0 Å². The van der Waals surface area contributed by atoms with Gasteiger partial charge in [-0.25, -0.2) is 9.67 Å². The number of fused-ring (bicyclic) bond motifs is 1. The number of rotatable bonds is 5. The Kier molecular flexibility index (Phi) is 4.78. The summed E-state index contributed by atoms with van der Waals surface area (Å²) < 4.78 is 13.6. The van der Waals surface area contributed by atoms with Crippen LogP contribution in [0.15, 0.2) is 64.3 Å². The van der Waals surface area contributed by atoms with Crippen LogP contribution in [0.25, 0.3) is 28.1 Å². The van der Waals surface area contributed by atoms with Gasteiger partial charge in [-0.15, -0.1) is 0 Å². The van der Waals surface area contributed by atoms with Crippen molar-refractivity contribution in [3.63, 3.8) is 0 Å². The second-order valence-corrected chi connectivity index (χ2v) is 7.48. The molecule has 0 aliphatic carbocycles. The number of aryl methyl sites for hydroxylation is 2. The van der Waals surface area contributed by atoms with Gasteiger partial charge in [0, 0.05) is 5.56 Å². The van der Waals surface area contributed by atoms with E-state index in [0.29, 0.717) is 22.7 Å². The van der Waals surface area contributed by atoms with E-state index in [2.05, 4.69) is 20.2 Å². The van der Waals surface area contributed by atoms with Crippen molar-refractivity contribution in [1.82, 2.24) is 29.5 Å². The number of methoxy groups -OCH3 is 1. The minimum Gasteiger partial charge on any atom is -0.497 e.